The first-order valence-electron chi connectivity index (χ1n) is 12.8. The molecule has 8 atom stereocenters. The molecule has 1 saturated carbocycles. The van der Waals surface area contributed by atoms with E-state index in [1.54, 1.807) is 0 Å². The summed E-state index contributed by atoms with van der Waals surface area (Å²) in [6.45, 7) is 12.7. The molecule has 31 heavy (non-hydrogen) atoms. The molecule has 6 aliphatic rings. The molecule has 0 aromatic rings. The van der Waals surface area contributed by atoms with Gasteiger partial charge in [0.05, 0.1) is 6.61 Å². The molecule has 2 bridgehead atoms. The van der Waals surface area contributed by atoms with Crippen molar-refractivity contribution in [3.63, 3.8) is 0 Å². The summed E-state index contributed by atoms with van der Waals surface area (Å²) in [4.78, 5) is 14.6. The topological polar surface area (TPSA) is 61.4 Å². The minimum atomic E-state index is -0.724. The van der Waals surface area contributed by atoms with E-state index in [9.17, 15) is 0 Å². The average Bonchev–Trinajstić information content (AvgIpc) is 3.00. The van der Waals surface area contributed by atoms with Crippen molar-refractivity contribution < 1.29 is 24.0 Å². The molecular weight excluding hydrogens is 396 g/mol. The van der Waals surface area contributed by atoms with Gasteiger partial charge in [0.2, 0.25) is 5.79 Å². The van der Waals surface area contributed by atoms with Crippen molar-refractivity contribution in [2.75, 3.05) is 39.3 Å². The van der Waals surface area contributed by atoms with E-state index in [0.29, 0.717) is 24.4 Å². The highest BCUT2D eigenvalue weighted by atomic mass is 17.3. The van der Waals surface area contributed by atoms with Gasteiger partial charge in [-0.2, -0.15) is 0 Å². The van der Waals surface area contributed by atoms with Gasteiger partial charge in [-0.1, -0.05) is 20.3 Å². The summed E-state index contributed by atoms with van der Waals surface area (Å²) < 4.78 is 19.1. The fourth-order valence-electron chi connectivity index (χ4n) is 6.86. The molecule has 0 radical (unpaired) electrons. The van der Waals surface area contributed by atoms with Crippen LogP contribution in [0.2, 0.25) is 0 Å². The Hall–Kier alpha value is -0.280. The molecule has 5 aliphatic heterocycles. The van der Waals surface area contributed by atoms with Crippen LogP contribution in [-0.4, -0.2) is 68.2 Å². The van der Waals surface area contributed by atoms with Crippen LogP contribution in [0.15, 0.2) is 0 Å². The zero-order valence-electron chi connectivity index (χ0n) is 19.6. The van der Waals surface area contributed by atoms with Crippen molar-refractivity contribution in [3.8, 4) is 0 Å². The number of ether oxygens (including phenoxy) is 3. The van der Waals surface area contributed by atoms with Crippen LogP contribution < -0.4 is 5.32 Å². The second-order valence-corrected chi connectivity index (χ2v) is 10.8. The monoisotopic (exact) mass is 438 g/mol. The molecule has 7 nitrogen and oxygen atoms in total. The van der Waals surface area contributed by atoms with E-state index in [1.807, 2.05) is 6.92 Å². The first kappa shape index (κ1) is 22.5. The Morgan fingerprint density at radius 3 is 2.68 bits per heavy atom. The highest BCUT2D eigenvalue weighted by molar-refractivity contribution is 5.09. The third-order valence-corrected chi connectivity index (χ3v) is 8.71. The Balaban J connectivity index is 1.16. The minimum Gasteiger partial charge on any atom is -0.351 e. The van der Waals surface area contributed by atoms with Crippen molar-refractivity contribution in [1.82, 2.24) is 10.2 Å². The number of hydrogen-bond acceptors (Lipinski definition) is 7. The molecule has 5 saturated heterocycles. The fourth-order valence-corrected chi connectivity index (χ4v) is 6.86. The molecule has 0 amide bonds. The molecule has 5 heterocycles. The molecule has 3 unspecified atom stereocenters. The molecule has 6 rings (SSSR count). The van der Waals surface area contributed by atoms with E-state index >= 15 is 0 Å². The Morgan fingerprint density at radius 2 is 1.84 bits per heavy atom. The molecule has 6 fully saturated rings. The predicted molar refractivity (Wildman–Crippen MR) is 116 cm³/mol. The number of hydrogen-bond donors (Lipinski definition) is 1. The van der Waals surface area contributed by atoms with Gasteiger partial charge in [0.15, 0.2) is 18.2 Å². The standard InChI is InChI=1S/C24H42N2O5/c1-17-7-8-20-18(2)21(27-16-12-25-11-15-26-13-5-4-6-14-26)28-22-24(20)19(17)9-10-23(3,29-22)30-31-24/h17-22,25H,4-16H2,1-3H3/t17-,18-,19?,20?,21+,22-,23?,24-/m1/s1. The van der Waals surface area contributed by atoms with Gasteiger partial charge in [0.25, 0.3) is 0 Å². The smallest absolute Gasteiger partial charge is 0.201 e. The summed E-state index contributed by atoms with van der Waals surface area (Å²) in [5, 5.41) is 3.54. The van der Waals surface area contributed by atoms with E-state index in [4.69, 9.17) is 24.0 Å². The number of nitrogens with zero attached hydrogens (tertiary/aromatic N) is 1. The van der Waals surface area contributed by atoms with Crippen LogP contribution >= 0.6 is 0 Å². The third-order valence-electron chi connectivity index (χ3n) is 8.71. The maximum Gasteiger partial charge on any atom is 0.201 e. The summed E-state index contributed by atoms with van der Waals surface area (Å²) in [5.41, 5.74) is -0.500. The highest BCUT2D eigenvalue weighted by Crippen LogP contribution is 2.60. The highest BCUT2D eigenvalue weighted by Gasteiger charge is 2.69. The lowest BCUT2D eigenvalue weighted by Crippen LogP contribution is -2.70. The number of piperidine rings is 1. The summed E-state index contributed by atoms with van der Waals surface area (Å²) in [6, 6.07) is 0. The normalized spacial score (nSPS) is 47.7. The number of fused-ring (bicyclic) bond motifs is 2. The lowest BCUT2D eigenvalue weighted by atomic mass is 9.58. The lowest BCUT2D eigenvalue weighted by Gasteiger charge is -2.60. The molecule has 1 N–H and O–H groups in total. The Labute approximate surface area is 187 Å². The van der Waals surface area contributed by atoms with Crippen molar-refractivity contribution in [3.05, 3.63) is 0 Å². The van der Waals surface area contributed by atoms with Crippen molar-refractivity contribution in [2.24, 2.45) is 23.7 Å². The van der Waals surface area contributed by atoms with Crippen LogP contribution in [0.3, 0.4) is 0 Å². The summed E-state index contributed by atoms with van der Waals surface area (Å²) in [7, 11) is 0. The van der Waals surface area contributed by atoms with Gasteiger partial charge in [0.1, 0.15) is 0 Å². The van der Waals surface area contributed by atoms with Gasteiger partial charge >= 0.3 is 0 Å². The Morgan fingerprint density at radius 1 is 1.00 bits per heavy atom. The lowest BCUT2D eigenvalue weighted by molar-refractivity contribution is -0.577. The largest absolute Gasteiger partial charge is 0.351 e. The minimum absolute atomic E-state index is 0.245. The van der Waals surface area contributed by atoms with Gasteiger partial charge in [-0.05, 0) is 64.0 Å². The predicted octanol–water partition coefficient (Wildman–Crippen LogP) is 3.29. The van der Waals surface area contributed by atoms with E-state index in [-0.39, 0.29) is 12.2 Å². The molecule has 0 aromatic carbocycles. The van der Waals surface area contributed by atoms with Crippen LogP contribution in [0.4, 0.5) is 0 Å². The van der Waals surface area contributed by atoms with Crippen LogP contribution in [0.5, 0.6) is 0 Å². The molecular formula is C24H42N2O5. The molecule has 7 heteroatoms. The van der Waals surface area contributed by atoms with Crippen molar-refractivity contribution in [1.29, 1.82) is 0 Å². The molecule has 1 aliphatic carbocycles. The molecule has 178 valence electrons. The zero-order valence-corrected chi connectivity index (χ0v) is 19.6. The van der Waals surface area contributed by atoms with Gasteiger partial charge in [-0.3, -0.25) is 0 Å². The van der Waals surface area contributed by atoms with E-state index in [1.165, 1.54) is 38.8 Å². The summed E-state index contributed by atoms with van der Waals surface area (Å²) in [6.07, 6.45) is 7.64. The van der Waals surface area contributed by atoms with E-state index < -0.39 is 17.7 Å². The SMILES string of the molecule is C[C@@H]1CCC2[C@@H](C)[C@@H](OCCNCCN3CCCCC3)O[C@@H]3OC4(C)CCC1[C@@]23OO4. The van der Waals surface area contributed by atoms with Crippen LogP contribution in [0.1, 0.15) is 65.7 Å². The van der Waals surface area contributed by atoms with E-state index in [2.05, 4.69) is 24.1 Å². The number of nitrogens with one attached hydrogen (secondary N) is 1. The van der Waals surface area contributed by atoms with Gasteiger partial charge < -0.3 is 24.4 Å². The maximum absolute atomic E-state index is 6.47. The van der Waals surface area contributed by atoms with Gasteiger partial charge in [0, 0.05) is 37.9 Å². The van der Waals surface area contributed by atoms with Crippen LogP contribution in [0.25, 0.3) is 0 Å². The first-order chi connectivity index (χ1) is 15.0. The maximum atomic E-state index is 6.47. The van der Waals surface area contributed by atoms with E-state index in [0.717, 1.165) is 38.9 Å². The average molecular weight is 439 g/mol. The second kappa shape index (κ2) is 9.16. The Bertz CT molecular complexity index is 617. The quantitative estimate of drug-likeness (QED) is 0.483. The van der Waals surface area contributed by atoms with Crippen molar-refractivity contribution >= 4 is 0 Å². The number of rotatable bonds is 7. The Kier molecular flexibility index (Phi) is 6.65. The van der Waals surface area contributed by atoms with Gasteiger partial charge in [-0.25, -0.2) is 9.78 Å². The molecule has 1 spiro atoms. The number of likely N-dealkylation sites (tertiary alicyclic amines) is 1. The van der Waals surface area contributed by atoms with Gasteiger partial charge in [-0.15, -0.1) is 0 Å². The molecule has 0 aromatic heterocycles. The first-order valence-corrected chi connectivity index (χ1v) is 12.8. The van der Waals surface area contributed by atoms with Crippen molar-refractivity contribution in [2.45, 2.75) is 89.7 Å². The third kappa shape index (κ3) is 4.20. The van der Waals surface area contributed by atoms with Crippen LogP contribution in [0, 0.1) is 23.7 Å². The summed E-state index contributed by atoms with van der Waals surface area (Å²) in [5.74, 6) is 0.837. The fraction of sp³-hybridized carbons (Fsp3) is 1.00. The van der Waals surface area contributed by atoms with Crippen LogP contribution in [-0.2, 0) is 24.0 Å². The second-order valence-electron chi connectivity index (χ2n) is 10.8. The zero-order chi connectivity index (χ0) is 21.5. The summed E-state index contributed by atoms with van der Waals surface area (Å²) >= 11 is 0.